The Hall–Kier alpha value is 1.79. The summed E-state index contributed by atoms with van der Waals surface area (Å²) in [4.78, 5) is 0. The zero-order valence-corrected chi connectivity index (χ0v) is 14.7. The predicted molar refractivity (Wildman–Crippen MR) is 116 cm³/mol. The quantitative estimate of drug-likeness (QED) is 0.225. The summed E-state index contributed by atoms with van der Waals surface area (Å²) in [6.45, 7) is 4.59. The normalized spacial score (nSPS) is 9.65. The zero-order chi connectivity index (χ0) is 14.7. The van der Waals surface area contributed by atoms with Crippen LogP contribution in [0.4, 0.5) is 0 Å². The van der Waals surface area contributed by atoms with Crippen molar-refractivity contribution in [3.63, 3.8) is 0 Å². The van der Waals surface area contributed by atoms with Crippen LogP contribution in [-0.2, 0) is 0 Å². The van der Waals surface area contributed by atoms with Gasteiger partial charge in [0.05, 0.1) is 0 Å². The fraction of sp³-hybridized carbons (Fsp3) is 1.00. The van der Waals surface area contributed by atoms with E-state index in [2.05, 4.69) is 13.8 Å². The van der Waals surface area contributed by atoms with Gasteiger partial charge in [-0.25, -0.2) is 0 Å². The van der Waals surface area contributed by atoms with Gasteiger partial charge in [-0.3, -0.25) is 0 Å². The van der Waals surface area contributed by atoms with Crippen LogP contribution in [0.5, 0.6) is 0 Å². The SMILES string of the molecule is CCCCCCCCCCCCCCCCCCCC.[LiH].[LiH].[LiH]. The Bertz CT molecular complexity index is 145. The first kappa shape index (κ1) is 32.5. The van der Waals surface area contributed by atoms with Gasteiger partial charge in [0.25, 0.3) is 0 Å². The maximum atomic E-state index is 2.30. The van der Waals surface area contributed by atoms with E-state index in [0.717, 1.165) is 0 Å². The summed E-state index contributed by atoms with van der Waals surface area (Å²) < 4.78 is 0. The van der Waals surface area contributed by atoms with Crippen LogP contribution in [0.15, 0.2) is 0 Å². The molecule has 0 unspecified atom stereocenters. The second-order valence-electron chi connectivity index (χ2n) is 6.66. The summed E-state index contributed by atoms with van der Waals surface area (Å²) in [5.74, 6) is 0. The molecule has 0 aromatic carbocycles. The van der Waals surface area contributed by atoms with Crippen molar-refractivity contribution in [3.8, 4) is 0 Å². The van der Waals surface area contributed by atoms with E-state index in [9.17, 15) is 0 Å². The first-order valence-corrected chi connectivity index (χ1v) is 9.91. The van der Waals surface area contributed by atoms with Gasteiger partial charge in [-0.1, -0.05) is 129 Å². The van der Waals surface area contributed by atoms with E-state index in [0.29, 0.717) is 0 Å². The molecule has 0 nitrogen and oxygen atoms in total. The summed E-state index contributed by atoms with van der Waals surface area (Å²) in [5.41, 5.74) is 0. The van der Waals surface area contributed by atoms with Crippen LogP contribution in [0.1, 0.15) is 129 Å². The zero-order valence-electron chi connectivity index (χ0n) is 14.7. The van der Waals surface area contributed by atoms with Crippen molar-refractivity contribution in [2.24, 2.45) is 0 Å². The minimum atomic E-state index is 0. The minimum absolute atomic E-state index is 0. The molecule has 0 spiro atoms. The molecule has 0 aromatic heterocycles. The molecule has 0 fully saturated rings. The van der Waals surface area contributed by atoms with Crippen molar-refractivity contribution in [1.29, 1.82) is 0 Å². The first-order valence-electron chi connectivity index (χ1n) is 9.91. The van der Waals surface area contributed by atoms with Crippen molar-refractivity contribution in [3.05, 3.63) is 0 Å². The number of unbranched alkanes of at least 4 members (excludes halogenated alkanes) is 17. The first-order chi connectivity index (χ1) is 9.91. The molecule has 0 aliphatic heterocycles. The molecule has 0 aromatic rings. The van der Waals surface area contributed by atoms with Crippen LogP contribution in [-0.4, -0.2) is 56.6 Å². The average molecular weight is 306 g/mol. The molecule has 3 heteroatoms. The molecule has 0 radical (unpaired) electrons. The van der Waals surface area contributed by atoms with E-state index < -0.39 is 0 Å². The van der Waals surface area contributed by atoms with Crippen molar-refractivity contribution in [2.45, 2.75) is 129 Å². The third-order valence-corrected chi connectivity index (χ3v) is 4.46. The van der Waals surface area contributed by atoms with Crippen LogP contribution in [0.3, 0.4) is 0 Å². The topological polar surface area (TPSA) is 0 Å². The second-order valence-corrected chi connectivity index (χ2v) is 6.66. The van der Waals surface area contributed by atoms with Gasteiger partial charge in [-0.05, 0) is 0 Å². The molecular weight excluding hydrogens is 261 g/mol. The average Bonchev–Trinajstić information content (AvgIpc) is 2.47. The van der Waals surface area contributed by atoms with Crippen molar-refractivity contribution < 1.29 is 0 Å². The van der Waals surface area contributed by atoms with Crippen LogP contribution >= 0.6 is 0 Å². The molecule has 0 N–H and O–H groups in total. The van der Waals surface area contributed by atoms with Crippen LogP contribution in [0.2, 0.25) is 0 Å². The molecule has 0 amide bonds. The van der Waals surface area contributed by atoms with Gasteiger partial charge in [0.2, 0.25) is 0 Å². The molecule has 0 saturated heterocycles. The molecule has 23 heavy (non-hydrogen) atoms. The van der Waals surface area contributed by atoms with E-state index in [1.165, 1.54) is 116 Å². The van der Waals surface area contributed by atoms with Crippen LogP contribution in [0.25, 0.3) is 0 Å². The maximum absolute atomic E-state index is 2.30. The van der Waals surface area contributed by atoms with E-state index in [1.807, 2.05) is 0 Å². The molecule has 0 heterocycles. The van der Waals surface area contributed by atoms with Crippen molar-refractivity contribution in [1.82, 2.24) is 0 Å². The Balaban J connectivity index is -0.000000602. The standard InChI is InChI=1S/C20H42.3Li.3H/c1-3-5-7-9-11-13-15-17-19-20-18-16-14-12-10-8-6-4-2;;;;;;/h3-20H2,1-2H3;;;;;;. The molecule has 0 aliphatic carbocycles. The molecule has 0 saturated carbocycles. The Morgan fingerprint density at radius 1 is 0.261 bits per heavy atom. The second kappa shape index (κ2) is 31.6. The Labute approximate surface area is 185 Å². The molecule has 0 aliphatic rings. The van der Waals surface area contributed by atoms with Gasteiger partial charge < -0.3 is 0 Å². The van der Waals surface area contributed by atoms with Crippen LogP contribution in [0, 0.1) is 0 Å². The van der Waals surface area contributed by atoms with Gasteiger partial charge in [-0.2, -0.15) is 0 Å². The van der Waals surface area contributed by atoms with Crippen molar-refractivity contribution in [2.75, 3.05) is 0 Å². The summed E-state index contributed by atoms with van der Waals surface area (Å²) in [6, 6.07) is 0. The van der Waals surface area contributed by atoms with Gasteiger partial charge in [0.1, 0.15) is 0 Å². The monoisotopic (exact) mass is 306 g/mol. The van der Waals surface area contributed by atoms with E-state index in [1.54, 1.807) is 0 Å². The summed E-state index contributed by atoms with van der Waals surface area (Å²) >= 11 is 0. The Kier molecular flexibility index (Phi) is 44.5. The Morgan fingerprint density at radius 2 is 0.391 bits per heavy atom. The number of rotatable bonds is 17. The van der Waals surface area contributed by atoms with E-state index >= 15 is 0 Å². The fourth-order valence-electron chi connectivity index (χ4n) is 2.97. The molecule has 0 rings (SSSR count). The van der Waals surface area contributed by atoms with Gasteiger partial charge in [0.15, 0.2) is 0 Å². The molecular formula is C20H45Li3. The third-order valence-electron chi connectivity index (χ3n) is 4.46. The molecule has 0 bridgehead atoms. The van der Waals surface area contributed by atoms with E-state index in [4.69, 9.17) is 0 Å². The van der Waals surface area contributed by atoms with Gasteiger partial charge >= 0.3 is 56.6 Å². The molecule has 0 atom stereocenters. The van der Waals surface area contributed by atoms with Crippen molar-refractivity contribution >= 4 is 56.6 Å². The Morgan fingerprint density at radius 3 is 0.522 bits per heavy atom. The number of hydrogen-bond donors (Lipinski definition) is 0. The van der Waals surface area contributed by atoms with E-state index in [-0.39, 0.29) is 56.6 Å². The predicted octanol–water partition coefficient (Wildman–Crippen LogP) is 6.10. The summed E-state index contributed by atoms with van der Waals surface area (Å²) in [7, 11) is 0. The fourth-order valence-corrected chi connectivity index (χ4v) is 2.97. The third kappa shape index (κ3) is 32.0. The summed E-state index contributed by atoms with van der Waals surface area (Å²) in [6.07, 6.45) is 26.4. The number of hydrogen-bond acceptors (Lipinski definition) is 0. The molecule has 128 valence electrons. The van der Waals surface area contributed by atoms with Gasteiger partial charge in [0, 0.05) is 0 Å². The summed E-state index contributed by atoms with van der Waals surface area (Å²) in [5, 5.41) is 0. The van der Waals surface area contributed by atoms with Gasteiger partial charge in [-0.15, -0.1) is 0 Å². The van der Waals surface area contributed by atoms with Crippen LogP contribution < -0.4 is 0 Å².